The summed E-state index contributed by atoms with van der Waals surface area (Å²) in [6.07, 6.45) is 12.3. The van der Waals surface area contributed by atoms with Crippen molar-refractivity contribution in [2.75, 3.05) is 13.2 Å². The lowest BCUT2D eigenvalue weighted by atomic mass is 9.44. The van der Waals surface area contributed by atoms with E-state index in [9.17, 15) is 0 Å². The maximum absolute atomic E-state index is 6.35. The van der Waals surface area contributed by atoms with Crippen molar-refractivity contribution in [3.63, 3.8) is 0 Å². The molecule has 0 amide bonds. The number of hydrogen-bond donors (Lipinski definition) is 1. The quantitative estimate of drug-likeness (QED) is 0.734. The zero-order valence-electron chi connectivity index (χ0n) is 17.1. The molecule has 0 spiro atoms. The van der Waals surface area contributed by atoms with Gasteiger partial charge in [-0.2, -0.15) is 0 Å². The minimum atomic E-state index is -0.324. The summed E-state index contributed by atoms with van der Waals surface area (Å²) in [6.45, 7) is 9.01. The minimum Gasteiger partial charge on any atom is -0.348 e. The van der Waals surface area contributed by atoms with Crippen LogP contribution in [0.4, 0.5) is 0 Å². The van der Waals surface area contributed by atoms with Gasteiger partial charge in [0, 0.05) is 12.0 Å². The molecule has 3 heteroatoms. The first-order valence-electron chi connectivity index (χ1n) is 11.4. The molecule has 0 aromatic heterocycles. The number of rotatable bonds is 1. The van der Waals surface area contributed by atoms with Crippen LogP contribution in [0, 0.1) is 40.4 Å². The van der Waals surface area contributed by atoms with Crippen LogP contribution in [0.25, 0.3) is 0 Å². The molecule has 148 valence electrons. The molecule has 1 aliphatic heterocycles. The molecule has 1 heterocycles. The SMILES string of the molecule is CC1(C2CCC3C4CC[C@H]5CC(N)CCC5(C)C4CCC32C)OCCO1. The molecule has 8 atom stereocenters. The smallest absolute Gasteiger partial charge is 0.169 e. The maximum Gasteiger partial charge on any atom is 0.169 e. The van der Waals surface area contributed by atoms with Crippen LogP contribution >= 0.6 is 0 Å². The molecule has 26 heavy (non-hydrogen) atoms. The largest absolute Gasteiger partial charge is 0.348 e. The van der Waals surface area contributed by atoms with Gasteiger partial charge in [-0.25, -0.2) is 0 Å². The van der Waals surface area contributed by atoms with E-state index in [-0.39, 0.29) is 5.79 Å². The molecule has 2 N–H and O–H groups in total. The Labute approximate surface area is 159 Å². The van der Waals surface area contributed by atoms with E-state index < -0.39 is 0 Å². The van der Waals surface area contributed by atoms with Gasteiger partial charge in [0.05, 0.1) is 13.2 Å². The molecular weight excluding hydrogens is 322 g/mol. The van der Waals surface area contributed by atoms with Crippen molar-refractivity contribution in [1.29, 1.82) is 0 Å². The third-order valence-corrected chi connectivity index (χ3v) is 10.2. The summed E-state index contributed by atoms with van der Waals surface area (Å²) in [4.78, 5) is 0. The summed E-state index contributed by atoms with van der Waals surface area (Å²) >= 11 is 0. The van der Waals surface area contributed by atoms with Crippen molar-refractivity contribution in [2.45, 2.75) is 90.4 Å². The van der Waals surface area contributed by atoms with Crippen LogP contribution < -0.4 is 5.73 Å². The summed E-state index contributed by atoms with van der Waals surface area (Å²) in [5.41, 5.74) is 7.32. The lowest BCUT2D eigenvalue weighted by Crippen LogP contribution is -2.56. The molecule has 0 radical (unpaired) electrons. The van der Waals surface area contributed by atoms with Gasteiger partial charge < -0.3 is 15.2 Å². The Morgan fingerprint density at radius 2 is 1.46 bits per heavy atom. The first-order chi connectivity index (χ1) is 12.4. The van der Waals surface area contributed by atoms with Crippen molar-refractivity contribution in [1.82, 2.24) is 0 Å². The monoisotopic (exact) mass is 361 g/mol. The van der Waals surface area contributed by atoms with Crippen molar-refractivity contribution in [2.24, 2.45) is 46.2 Å². The number of nitrogens with two attached hydrogens (primary N) is 1. The van der Waals surface area contributed by atoms with E-state index in [1.807, 2.05) is 0 Å². The van der Waals surface area contributed by atoms with Gasteiger partial charge in [0.25, 0.3) is 0 Å². The predicted molar refractivity (Wildman–Crippen MR) is 104 cm³/mol. The first-order valence-corrected chi connectivity index (χ1v) is 11.4. The standard InChI is InChI=1S/C23H39NO2/c1-21-10-8-16(24)14-15(21)4-5-17-18-6-7-20(23(3)25-12-13-26-23)22(18,2)11-9-19(17)21/h15-20H,4-14,24H2,1-3H3/t15-,16?,17?,18?,19?,20?,21?,22?/m0/s1. The molecule has 7 unspecified atom stereocenters. The van der Waals surface area contributed by atoms with Crippen LogP contribution in [0.3, 0.4) is 0 Å². The summed E-state index contributed by atoms with van der Waals surface area (Å²) in [6, 6.07) is 0.464. The van der Waals surface area contributed by atoms with Crippen LogP contribution in [-0.2, 0) is 9.47 Å². The normalized spacial score (nSPS) is 55.8. The first kappa shape index (κ1) is 17.9. The average molecular weight is 362 g/mol. The van der Waals surface area contributed by atoms with Gasteiger partial charge in [-0.05, 0) is 99.2 Å². The Hall–Kier alpha value is -0.120. The van der Waals surface area contributed by atoms with Crippen LogP contribution in [0.1, 0.15) is 78.6 Å². The second kappa shape index (κ2) is 5.94. The van der Waals surface area contributed by atoms with Crippen LogP contribution in [-0.4, -0.2) is 25.0 Å². The highest BCUT2D eigenvalue weighted by atomic mass is 16.7. The lowest BCUT2D eigenvalue weighted by Gasteiger charge is -2.61. The van der Waals surface area contributed by atoms with Crippen molar-refractivity contribution in [3.05, 3.63) is 0 Å². The predicted octanol–water partition coefficient (Wildman–Crippen LogP) is 4.74. The van der Waals surface area contributed by atoms with E-state index >= 15 is 0 Å². The molecule has 5 fully saturated rings. The molecular formula is C23H39NO2. The Balaban J connectivity index is 1.41. The van der Waals surface area contributed by atoms with Gasteiger partial charge >= 0.3 is 0 Å². The van der Waals surface area contributed by atoms with Gasteiger partial charge in [-0.3, -0.25) is 0 Å². The molecule has 4 aliphatic carbocycles. The highest BCUT2D eigenvalue weighted by Crippen LogP contribution is 2.68. The maximum atomic E-state index is 6.35. The fourth-order valence-electron chi connectivity index (χ4n) is 8.88. The van der Waals surface area contributed by atoms with E-state index in [4.69, 9.17) is 15.2 Å². The average Bonchev–Trinajstić information content (AvgIpc) is 3.19. The van der Waals surface area contributed by atoms with E-state index in [1.165, 1.54) is 57.8 Å². The molecule has 0 aromatic carbocycles. The van der Waals surface area contributed by atoms with Gasteiger partial charge in [0.2, 0.25) is 0 Å². The highest BCUT2D eigenvalue weighted by molar-refractivity contribution is 5.11. The third-order valence-electron chi connectivity index (χ3n) is 10.2. The molecule has 4 saturated carbocycles. The number of hydrogen-bond acceptors (Lipinski definition) is 3. The minimum absolute atomic E-state index is 0.324. The van der Waals surface area contributed by atoms with E-state index in [2.05, 4.69) is 20.8 Å². The molecule has 3 nitrogen and oxygen atoms in total. The van der Waals surface area contributed by atoms with Crippen LogP contribution in [0.5, 0.6) is 0 Å². The van der Waals surface area contributed by atoms with E-state index in [1.54, 1.807) is 0 Å². The molecule has 5 aliphatic rings. The molecule has 1 saturated heterocycles. The van der Waals surface area contributed by atoms with Gasteiger partial charge in [0.15, 0.2) is 5.79 Å². The van der Waals surface area contributed by atoms with Gasteiger partial charge in [-0.15, -0.1) is 0 Å². The summed E-state index contributed by atoms with van der Waals surface area (Å²) in [5, 5.41) is 0. The van der Waals surface area contributed by atoms with Crippen molar-refractivity contribution >= 4 is 0 Å². The highest BCUT2D eigenvalue weighted by Gasteiger charge is 2.63. The number of ether oxygens (including phenoxy) is 2. The summed E-state index contributed by atoms with van der Waals surface area (Å²) < 4.78 is 12.3. The van der Waals surface area contributed by atoms with Crippen LogP contribution in [0.15, 0.2) is 0 Å². The van der Waals surface area contributed by atoms with Gasteiger partial charge in [-0.1, -0.05) is 13.8 Å². The second-order valence-electron chi connectivity index (χ2n) is 11.1. The zero-order valence-corrected chi connectivity index (χ0v) is 17.1. The fourth-order valence-corrected chi connectivity index (χ4v) is 8.88. The zero-order chi connectivity index (χ0) is 18.2. The Morgan fingerprint density at radius 1 is 0.769 bits per heavy atom. The van der Waals surface area contributed by atoms with E-state index in [0.717, 1.165) is 36.9 Å². The topological polar surface area (TPSA) is 44.5 Å². The molecule has 0 bridgehead atoms. The molecule has 0 aromatic rings. The van der Waals surface area contributed by atoms with Crippen molar-refractivity contribution in [3.8, 4) is 0 Å². The van der Waals surface area contributed by atoms with E-state index in [0.29, 0.717) is 22.8 Å². The van der Waals surface area contributed by atoms with Crippen LogP contribution in [0.2, 0.25) is 0 Å². The number of fused-ring (bicyclic) bond motifs is 5. The molecule has 5 rings (SSSR count). The summed E-state index contributed by atoms with van der Waals surface area (Å²) in [7, 11) is 0. The Morgan fingerprint density at radius 3 is 2.23 bits per heavy atom. The second-order valence-corrected chi connectivity index (χ2v) is 11.1. The third kappa shape index (κ3) is 2.35. The summed E-state index contributed by atoms with van der Waals surface area (Å²) in [5.74, 6) is 3.88. The fraction of sp³-hybridized carbons (Fsp3) is 1.00. The Kier molecular flexibility index (Phi) is 4.10. The lowest BCUT2D eigenvalue weighted by molar-refractivity contribution is -0.218. The van der Waals surface area contributed by atoms with Crippen molar-refractivity contribution < 1.29 is 9.47 Å². The van der Waals surface area contributed by atoms with Gasteiger partial charge in [0.1, 0.15) is 0 Å². The Bertz CT molecular complexity index is 558.